The van der Waals surface area contributed by atoms with Crippen LogP contribution in [0.1, 0.15) is 25.7 Å². The number of hydrogen-bond donors (Lipinski definition) is 1. The second kappa shape index (κ2) is 6.27. The third-order valence-corrected chi connectivity index (χ3v) is 5.35. The highest BCUT2D eigenvalue weighted by atomic mass is 32.2. The summed E-state index contributed by atoms with van der Waals surface area (Å²) in [5.74, 6) is 3.40. The maximum Gasteiger partial charge on any atom is 0.141 e. The van der Waals surface area contributed by atoms with E-state index in [0.717, 1.165) is 30.9 Å². The number of thioether (sulfide) groups is 1. The largest absolute Gasteiger partial charge is 0.495 e. The lowest BCUT2D eigenvalue weighted by Gasteiger charge is -2.43. The lowest BCUT2D eigenvalue weighted by atomic mass is 9.85. The van der Waals surface area contributed by atoms with Crippen LogP contribution in [0, 0.1) is 0 Å². The van der Waals surface area contributed by atoms with Crippen LogP contribution < -0.4 is 10.1 Å². The van der Waals surface area contributed by atoms with E-state index in [0.29, 0.717) is 6.04 Å². The zero-order valence-corrected chi connectivity index (χ0v) is 12.9. The summed E-state index contributed by atoms with van der Waals surface area (Å²) in [7, 11) is 1.73. The summed E-state index contributed by atoms with van der Waals surface area (Å²) in [4.78, 5) is 0. The highest BCUT2D eigenvalue weighted by Gasteiger charge is 2.38. The summed E-state index contributed by atoms with van der Waals surface area (Å²) in [5, 5.41) is 3.66. The minimum absolute atomic E-state index is 0.128. The molecule has 110 valence electrons. The molecule has 1 aromatic carbocycles. The average Bonchev–Trinajstić information content (AvgIpc) is 2.49. The fourth-order valence-electron chi connectivity index (χ4n) is 3.23. The van der Waals surface area contributed by atoms with Gasteiger partial charge in [0.15, 0.2) is 0 Å². The van der Waals surface area contributed by atoms with Gasteiger partial charge in [-0.15, -0.1) is 0 Å². The molecule has 2 saturated heterocycles. The molecule has 0 aromatic heterocycles. The number of para-hydroxylation sites is 2. The molecule has 4 heteroatoms. The van der Waals surface area contributed by atoms with Gasteiger partial charge in [0.25, 0.3) is 0 Å². The van der Waals surface area contributed by atoms with Gasteiger partial charge in [-0.3, -0.25) is 0 Å². The molecule has 3 rings (SSSR count). The molecule has 1 N–H and O–H groups in total. The van der Waals surface area contributed by atoms with Crippen LogP contribution >= 0.6 is 11.8 Å². The summed E-state index contributed by atoms with van der Waals surface area (Å²) in [5.41, 5.74) is 1.23. The molecule has 1 atom stereocenters. The minimum Gasteiger partial charge on any atom is -0.495 e. The van der Waals surface area contributed by atoms with Gasteiger partial charge in [0.2, 0.25) is 0 Å². The lowest BCUT2D eigenvalue weighted by molar-refractivity contribution is -0.0865. The van der Waals surface area contributed by atoms with Gasteiger partial charge in [0.05, 0.1) is 18.4 Å². The second-order valence-electron chi connectivity index (χ2n) is 5.68. The minimum atomic E-state index is 0.128. The summed E-state index contributed by atoms with van der Waals surface area (Å²) < 4.78 is 11.6. The van der Waals surface area contributed by atoms with Gasteiger partial charge < -0.3 is 14.8 Å². The third kappa shape index (κ3) is 3.07. The summed E-state index contributed by atoms with van der Waals surface area (Å²) in [6.07, 6.45) is 4.59. The van der Waals surface area contributed by atoms with Crippen molar-refractivity contribution >= 4 is 17.4 Å². The lowest BCUT2D eigenvalue weighted by Crippen LogP contribution is -2.46. The van der Waals surface area contributed by atoms with Crippen molar-refractivity contribution in [1.29, 1.82) is 0 Å². The summed E-state index contributed by atoms with van der Waals surface area (Å²) >= 11 is 2.05. The first-order valence-corrected chi connectivity index (χ1v) is 8.58. The predicted octanol–water partition coefficient (Wildman–Crippen LogP) is 3.55. The van der Waals surface area contributed by atoms with Gasteiger partial charge in [-0.2, -0.15) is 11.8 Å². The molecule has 0 amide bonds. The molecule has 2 fully saturated rings. The maximum absolute atomic E-state index is 6.15. The van der Waals surface area contributed by atoms with Crippen molar-refractivity contribution in [2.45, 2.75) is 37.3 Å². The summed E-state index contributed by atoms with van der Waals surface area (Å²) in [6, 6.07) is 8.65. The first kappa shape index (κ1) is 14.1. The molecular weight excluding hydrogens is 270 g/mol. The maximum atomic E-state index is 6.15. The smallest absolute Gasteiger partial charge is 0.141 e. The van der Waals surface area contributed by atoms with Gasteiger partial charge in [0, 0.05) is 12.6 Å². The highest BCUT2D eigenvalue weighted by Crippen LogP contribution is 2.38. The predicted molar refractivity (Wildman–Crippen MR) is 84.9 cm³/mol. The van der Waals surface area contributed by atoms with E-state index >= 15 is 0 Å². The Morgan fingerprint density at radius 1 is 1.30 bits per heavy atom. The van der Waals surface area contributed by atoms with Crippen LogP contribution in [0.5, 0.6) is 5.75 Å². The normalized spacial score (nSPS) is 25.4. The Morgan fingerprint density at radius 2 is 2.10 bits per heavy atom. The zero-order valence-electron chi connectivity index (χ0n) is 12.1. The number of ether oxygens (including phenoxy) is 2. The van der Waals surface area contributed by atoms with Gasteiger partial charge in [-0.1, -0.05) is 12.1 Å². The monoisotopic (exact) mass is 293 g/mol. The Bertz CT molecular complexity index is 440. The fourth-order valence-corrected chi connectivity index (χ4v) is 4.46. The van der Waals surface area contributed by atoms with Crippen LogP contribution in [0.15, 0.2) is 24.3 Å². The van der Waals surface area contributed by atoms with Crippen molar-refractivity contribution in [3.05, 3.63) is 24.3 Å². The zero-order chi connectivity index (χ0) is 13.8. The van der Waals surface area contributed by atoms with Crippen molar-refractivity contribution < 1.29 is 9.47 Å². The summed E-state index contributed by atoms with van der Waals surface area (Å²) in [6.45, 7) is 0.873. The molecule has 2 aliphatic rings. The van der Waals surface area contributed by atoms with Crippen LogP contribution in [-0.4, -0.2) is 36.9 Å². The highest BCUT2D eigenvalue weighted by molar-refractivity contribution is 7.99. The Morgan fingerprint density at radius 3 is 2.90 bits per heavy atom. The fraction of sp³-hybridized carbons (Fsp3) is 0.625. The quantitative estimate of drug-likeness (QED) is 0.923. The number of nitrogens with one attached hydrogen (secondary N) is 1. The Balaban J connectivity index is 1.68. The SMILES string of the molecule is COc1ccccc1NC1CCOC2(CCSCC2)C1. The molecule has 1 spiro atoms. The molecule has 0 aliphatic carbocycles. The van der Waals surface area contributed by atoms with Crippen molar-refractivity contribution in [3.8, 4) is 5.75 Å². The molecule has 2 heterocycles. The number of benzene rings is 1. The van der Waals surface area contributed by atoms with Crippen LogP contribution in [-0.2, 0) is 4.74 Å². The van der Waals surface area contributed by atoms with Crippen LogP contribution in [0.2, 0.25) is 0 Å². The molecular formula is C16H23NO2S. The molecule has 1 unspecified atom stereocenters. The van der Waals surface area contributed by atoms with E-state index < -0.39 is 0 Å². The van der Waals surface area contributed by atoms with Crippen LogP contribution in [0.25, 0.3) is 0 Å². The standard InChI is InChI=1S/C16H23NO2S/c1-18-15-5-3-2-4-14(15)17-13-6-9-19-16(12-13)7-10-20-11-8-16/h2-5,13,17H,6-12H2,1H3. The average molecular weight is 293 g/mol. The van der Waals surface area contributed by atoms with Gasteiger partial charge >= 0.3 is 0 Å². The van der Waals surface area contributed by atoms with E-state index in [2.05, 4.69) is 29.2 Å². The van der Waals surface area contributed by atoms with Crippen molar-refractivity contribution in [2.75, 3.05) is 30.5 Å². The Labute approximate surface area is 125 Å². The topological polar surface area (TPSA) is 30.5 Å². The molecule has 1 aromatic rings. The van der Waals surface area contributed by atoms with Crippen LogP contribution in [0.4, 0.5) is 5.69 Å². The third-order valence-electron chi connectivity index (χ3n) is 4.36. The number of anilines is 1. The van der Waals surface area contributed by atoms with Crippen molar-refractivity contribution in [1.82, 2.24) is 0 Å². The van der Waals surface area contributed by atoms with E-state index in [9.17, 15) is 0 Å². The van der Waals surface area contributed by atoms with Crippen LogP contribution in [0.3, 0.4) is 0 Å². The van der Waals surface area contributed by atoms with E-state index in [-0.39, 0.29) is 5.60 Å². The van der Waals surface area contributed by atoms with E-state index in [1.807, 2.05) is 12.1 Å². The van der Waals surface area contributed by atoms with E-state index in [1.165, 1.54) is 24.3 Å². The Kier molecular flexibility index (Phi) is 4.41. The van der Waals surface area contributed by atoms with Gasteiger partial charge in [-0.05, 0) is 49.3 Å². The molecule has 2 aliphatic heterocycles. The molecule has 0 bridgehead atoms. The Hall–Kier alpha value is -0.870. The second-order valence-corrected chi connectivity index (χ2v) is 6.90. The number of rotatable bonds is 3. The first-order chi connectivity index (χ1) is 9.81. The first-order valence-electron chi connectivity index (χ1n) is 7.43. The number of methoxy groups -OCH3 is 1. The number of hydrogen-bond acceptors (Lipinski definition) is 4. The molecule has 0 radical (unpaired) electrons. The van der Waals surface area contributed by atoms with E-state index in [1.54, 1.807) is 7.11 Å². The molecule has 3 nitrogen and oxygen atoms in total. The van der Waals surface area contributed by atoms with Crippen molar-refractivity contribution in [2.24, 2.45) is 0 Å². The van der Waals surface area contributed by atoms with Crippen molar-refractivity contribution in [3.63, 3.8) is 0 Å². The van der Waals surface area contributed by atoms with Gasteiger partial charge in [-0.25, -0.2) is 0 Å². The molecule has 20 heavy (non-hydrogen) atoms. The molecule has 0 saturated carbocycles. The van der Waals surface area contributed by atoms with E-state index in [4.69, 9.17) is 9.47 Å². The van der Waals surface area contributed by atoms with Gasteiger partial charge in [0.1, 0.15) is 5.75 Å².